The summed E-state index contributed by atoms with van der Waals surface area (Å²) in [5.41, 5.74) is 1.29. The summed E-state index contributed by atoms with van der Waals surface area (Å²) in [6.07, 6.45) is -1.90. The number of aliphatic hydroxyl groups excluding tert-OH is 1. The van der Waals surface area contributed by atoms with Crippen molar-refractivity contribution in [3.8, 4) is 0 Å². The molecule has 0 aromatic heterocycles. The van der Waals surface area contributed by atoms with Crippen molar-refractivity contribution in [1.82, 2.24) is 0 Å². The monoisotopic (exact) mass is 628 g/mol. The minimum Gasteiger partial charge on any atom is -0.466 e. The van der Waals surface area contributed by atoms with Crippen LogP contribution in [0.4, 0.5) is 0 Å². The van der Waals surface area contributed by atoms with Crippen LogP contribution in [0.2, 0.25) is 0 Å². The predicted molar refractivity (Wildman–Crippen MR) is 140 cm³/mol. The van der Waals surface area contributed by atoms with Crippen LogP contribution < -0.4 is 0 Å². The van der Waals surface area contributed by atoms with Crippen LogP contribution in [0, 0.1) is 0 Å². The molecule has 1 aromatic rings. The van der Waals surface area contributed by atoms with Gasteiger partial charge in [-0.3, -0.25) is 0 Å². The lowest BCUT2D eigenvalue weighted by atomic mass is 9.88. The Morgan fingerprint density at radius 2 is 1.59 bits per heavy atom. The van der Waals surface area contributed by atoms with Crippen molar-refractivity contribution in [2.24, 2.45) is 0 Å². The van der Waals surface area contributed by atoms with Gasteiger partial charge in [0.2, 0.25) is 0 Å². The highest BCUT2D eigenvalue weighted by atomic mass is 127. The van der Waals surface area contributed by atoms with Gasteiger partial charge in [0.25, 0.3) is 0 Å². The number of esters is 1. The molecule has 0 bridgehead atoms. The lowest BCUT2D eigenvalue weighted by molar-refractivity contribution is -0.197. The zero-order chi connectivity index (χ0) is 26.5. The maximum atomic E-state index is 12.7. The molecule has 1 N–H and O–H groups in total. The Hall–Kier alpha value is -1.38. The number of hydrogen-bond acceptors (Lipinski definition) is 9. The van der Waals surface area contributed by atoms with E-state index in [4.69, 9.17) is 33.2 Å². The molecule has 6 unspecified atom stereocenters. The van der Waals surface area contributed by atoms with Crippen LogP contribution >= 0.6 is 22.6 Å². The smallest absolute Gasteiger partial charge is 0.336 e. The predicted octanol–water partition coefficient (Wildman–Crippen LogP) is 3.17. The highest BCUT2D eigenvalue weighted by molar-refractivity contribution is 14.1. The van der Waals surface area contributed by atoms with E-state index in [-0.39, 0.29) is 12.7 Å². The van der Waals surface area contributed by atoms with Crippen LogP contribution in [0.15, 0.2) is 51.6 Å². The molecule has 2 saturated heterocycles. The third-order valence-corrected chi connectivity index (χ3v) is 7.82. The fourth-order valence-corrected chi connectivity index (χ4v) is 6.12. The van der Waals surface area contributed by atoms with E-state index in [1.807, 2.05) is 50.3 Å². The van der Waals surface area contributed by atoms with Crippen molar-refractivity contribution in [2.75, 3.05) is 7.11 Å². The zero-order valence-corrected chi connectivity index (χ0v) is 23.6. The summed E-state index contributed by atoms with van der Waals surface area (Å²) in [6, 6.07) is 9.72. The molecule has 0 amide bonds. The van der Waals surface area contributed by atoms with Gasteiger partial charge in [-0.25, -0.2) is 4.79 Å². The standard InChI is InChI=1S/C27H33IO9/c1-26(2)34-20-15(25(30)31-5)11-18(32-13-14-9-7-6-8-10-14)22(24(20)37-26)33-17-12-16(28)21-23(19(17)29)36-27(3,4)35-21/h6-12,17-24,29H,13H2,1-5H3/t17?,18?,19-,20?,21?,22-,23?,24?/m1/s1. The zero-order valence-electron chi connectivity index (χ0n) is 21.5. The van der Waals surface area contributed by atoms with Crippen LogP contribution in [-0.4, -0.2) is 78.6 Å². The maximum absolute atomic E-state index is 12.7. The summed E-state index contributed by atoms with van der Waals surface area (Å²) in [5.74, 6) is -2.31. The van der Waals surface area contributed by atoms with Gasteiger partial charge in [0.15, 0.2) is 11.6 Å². The highest BCUT2D eigenvalue weighted by Gasteiger charge is 2.56. The molecule has 5 rings (SSSR count). The average molecular weight is 628 g/mol. The van der Waals surface area contributed by atoms with Gasteiger partial charge in [-0.1, -0.05) is 30.3 Å². The van der Waals surface area contributed by atoms with E-state index in [2.05, 4.69) is 22.6 Å². The van der Waals surface area contributed by atoms with Gasteiger partial charge in [-0.15, -0.1) is 0 Å². The number of carbonyl (C=O) groups is 1. The molecule has 10 heteroatoms. The normalized spacial score (nSPS) is 37.8. The Morgan fingerprint density at radius 3 is 2.27 bits per heavy atom. The van der Waals surface area contributed by atoms with Gasteiger partial charge in [0.05, 0.1) is 19.3 Å². The molecule has 0 saturated carbocycles. The lowest BCUT2D eigenvalue weighted by Gasteiger charge is -2.40. The molecule has 0 radical (unpaired) electrons. The van der Waals surface area contributed by atoms with E-state index < -0.39 is 60.3 Å². The van der Waals surface area contributed by atoms with Crippen molar-refractivity contribution in [1.29, 1.82) is 0 Å². The van der Waals surface area contributed by atoms with E-state index in [0.717, 1.165) is 9.14 Å². The minimum atomic E-state index is -0.986. The Bertz CT molecular complexity index is 1070. The summed E-state index contributed by atoms with van der Waals surface area (Å²) in [7, 11) is 1.33. The molecule has 2 heterocycles. The van der Waals surface area contributed by atoms with E-state index in [0.29, 0.717) is 5.57 Å². The number of carbonyl (C=O) groups excluding carboxylic acids is 1. The molecule has 1 aromatic carbocycles. The van der Waals surface area contributed by atoms with Crippen molar-refractivity contribution in [3.05, 3.63) is 57.2 Å². The van der Waals surface area contributed by atoms with Crippen LogP contribution in [0.1, 0.15) is 33.3 Å². The van der Waals surface area contributed by atoms with E-state index in [1.54, 1.807) is 19.9 Å². The van der Waals surface area contributed by atoms with Gasteiger partial charge in [0, 0.05) is 3.58 Å². The number of fused-ring (bicyclic) bond motifs is 2. The summed E-state index contributed by atoms with van der Waals surface area (Å²) in [5, 5.41) is 11.3. The van der Waals surface area contributed by atoms with Gasteiger partial charge in [-0.05, 0) is 68.0 Å². The van der Waals surface area contributed by atoms with E-state index in [1.165, 1.54) is 7.11 Å². The first kappa shape index (κ1) is 27.2. The first-order chi connectivity index (χ1) is 17.5. The van der Waals surface area contributed by atoms with Crippen molar-refractivity contribution in [3.63, 3.8) is 0 Å². The van der Waals surface area contributed by atoms with Crippen LogP contribution in [0.25, 0.3) is 0 Å². The molecule has 0 spiro atoms. The first-order valence-corrected chi connectivity index (χ1v) is 13.4. The maximum Gasteiger partial charge on any atom is 0.336 e. The SMILES string of the molecule is COC(=O)C1=CC(OCc2ccccc2)[C@@H](OC2C=C(I)C3OC(C)(C)OC3[C@@H]2O)C2OC(C)(C)OC12. The molecular formula is C27H33IO9. The van der Waals surface area contributed by atoms with Crippen LogP contribution in [-0.2, 0) is 44.6 Å². The summed E-state index contributed by atoms with van der Waals surface area (Å²) in [6.45, 7) is 7.50. The largest absolute Gasteiger partial charge is 0.466 e. The quantitative estimate of drug-likeness (QED) is 0.376. The van der Waals surface area contributed by atoms with Crippen molar-refractivity contribution >= 4 is 28.6 Å². The lowest BCUT2D eigenvalue weighted by Crippen LogP contribution is -2.55. The van der Waals surface area contributed by atoms with Crippen LogP contribution in [0.3, 0.4) is 0 Å². The second-order valence-corrected chi connectivity index (χ2v) is 11.8. The van der Waals surface area contributed by atoms with Gasteiger partial charge < -0.3 is 38.3 Å². The molecule has 2 aliphatic carbocycles. The summed E-state index contributed by atoms with van der Waals surface area (Å²) < 4.78 is 43.2. The topological polar surface area (TPSA) is 102 Å². The molecular weight excluding hydrogens is 595 g/mol. The Labute approximate surface area is 230 Å². The van der Waals surface area contributed by atoms with E-state index in [9.17, 15) is 9.90 Å². The van der Waals surface area contributed by atoms with Gasteiger partial charge in [-0.2, -0.15) is 0 Å². The Morgan fingerprint density at radius 1 is 0.946 bits per heavy atom. The number of ether oxygens (including phenoxy) is 7. The molecule has 8 atom stereocenters. The molecule has 202 valence electrons. The average Bonchev–Trinajstić information content (AvgIpc) is 3.36. The highest BCUT2D eigenvalue weighted by Crippen LogP contribution is 2.44. The van der Waals surface area contributed by atoms with Crippen LogP contribution in [0.5, 0.6) is 0 Å². The fraction of sp³-hybridized carbons (Fsp3) is 0.593. The molecule has 2 fully saturated rings. The molecule has 4 aliphatic rings. The number of benzene rings is 1. The van der Waals surface area contributed by atoms with Gasteiger partial charge >= 0.3 is 5.97 Å². The number of aliphatic hydroxyl groups is 1. The van der Waals surface area contributed by atoms with Gasteiger partial charge in [0.1, 0.15) is 48.8 Å². The number of rotatable bonds is 6. The first-order valence-electron chi connectivity index (χ1n) is 12.4. The third kappa shape index (κ3) is 5.53. The second kappa shape index (κ2) is 10.3. The molecule has 2 aliphatic heterocycles. The molecule has 9 nitrogen and oxygen atoms in total. The Balaban J connectivity index is 1.46. The third-order valence-electron chi connectivity index (χ3n) is 6.85. The second-order valence-electron chi connectivity index (χ2n) is 10.5. The Kier molecular flexibility index (Phi) is 7.58. The molecule has 37 heavy (non-hydrogen) atoms. The number of halogens is 1. The minimum absolute atomic E-state index is 0.286. The summed E-state index contributed by atoms with van der Waals surface area (Å²) in [4.78, 5) is 12.7. The number of hydrogen-bond donors (Lipinski definition) is 1. The fourth-order valence-electron chi connectivity index (χ4n) is 5.28. The number of methoxy groups -OCH3 is 1. The van der Waals surface area contributed by atoms with Crippen molar-refractivity contribution in [2.45, 2.75) is 94.7 Å². The summed E-state index contributed by atoms with van der Waals surface area (Å²) >= 11 is 2.20. The van der Waals surface area contributed by atoms with Crippen molar-refractivity contribution < 1.29 is 43.1 Å². The van der Waals surface area contributed by atoms with E-state index >= 15 is 0 Å².